The Labute approximate surface area is 151 Å². The number of aliphatic imine (C=N–C) groups is 1. The van der Waals surface area contributed by atoms with Crippen LogP contribution in [-0.2, 0) is 6.54 Å². The Kier molecular flexibility index (Phi) is 3.72. The van der Waals surface area contributed by atoms with Crippen LogP contribution in [-0.4, -0.2) is 38.2 Å². The average molecular weight is 348 g/mol. The number of carbonyl (C=O) groups is 1. The van der Waals surface area contributed by atoms with Crippen molar-refractivity contribution in [3.63, 3.8) is 0 Å². The number of amides is 1. The fourth-order valence-electron chi connectivity index (χ4n) is 3.31. The van der Waals surface area contributed by atoms with Gasteiger partial charge in [-0.25, -0.2) is 9.67 Å². The Balaban J connectivity index is 1.99. The van der Waals surface area contributed by atoms with Gasteiger partial charge in [-0.2, -0.15) is 10.2 Å². The summed E-state index contributed by atoms with van der Waals surface area (Å²) in [7, 11) is 1.77. The Morgan fingerprint density at radius 2 is 1.85 bits per heavy atom. The number of aryl methyl sites for hydroxylation is 2. The minimum absolute atomic E-state index is 0.141. The molecule has 4 rings (SSSR count). The van der Waals surface area contributed by atoms with Gasteiger partial charge < -0.3 is 0 Å². The van der Waals surface area contributed by atoms with E-state index in [1.165, 1.54) is 0 Å². The summed E-state index contributed by atoms with van der Waals surface area (Å²) in [5.41, 5.74) is 4.43. The maximum atomic E-state index is 13.3. The molecule has 26 heavy (non-hydrogen) atoms. The number of para-hydroxylation sites is 1. The van der Waals surface area contributed by atoms with Gasteiger partial charge in [0.15, 0.2) is 5.69 Å². The van der Waals surface area contributed by atoms with Crippen molar-refractivity contribution in [1.29, 1.82) is 0 Å². The van der Waals surface area contributed by atoms with Crippen molar-refractivity contribution in [2.75, 3.05) is 11.9 Å². The van der Waals surface area contributed by atoms with Crippen LogP contribution in [0.15, 0.2) is 41.5 Å². The maximum absolute atomic E-state index is 13.3. The van der Waals surface area contributed by atoms with E-state index in [9.17, 15) is 4.79 Å². The molecule has 1 aliphatic rings. The van der Waals surface area contributed by atoms with Gasteiger partial charge in [0.1, 0.15) is 11.5 Å². The summed E-state index contributed by atoms with van der Waals surface area (Å²) in [4.78, 5) is 19.7. The molecule has 7 heteroatoms. The Bertz CT molecular complexity index is 1030. The fourth-order valence-corrected chi connectivity index (χ4v) is 3.31. The number of hydrogen-bond acceptors (Lipinski definition) is 4. The first-order valence-electron chi connectivity index (χ1n) is 8.57. The van der Waals surface area contributed by atoms with E-state index in [1.54, 1.807) is 27.5 Å². The second kappa shape index (κ2) is 5.94. The minimum Gasteiger partial charge on any atom is -0.294 e. The van der Waals surface area contributed by atoms with Crippen LogP contribution in [0.2, 0.25) is 0 Å². The smallest absolute Gasteiger partial charge is 0.279 e. The van der Waals surface area contributed by atoms with E-state index in [1.807, 2.05) is 51.1 Å². The van der Waals surface area contributed by atoms with Crippen molar-refractivity contribution in [2.24, 2.45) is 4.99 Å². The van der Waals surface area contributed by atoms with Gasteiger partial charge in [-0.1, -0.05) is 18.2 Å². The third-order valence-corrected chi connectivity index (χ3v) is 4.63. The number of hydrogen-bond donors (Lipinski definition) is 0. The molecular formula is C19H20N6O. The monoisotopic (exact) mass is 348 g/mol. The van der Waals surface area contributed by atoms with Crippen LogP contribution in [0.1, 0.15) is 35.6 Å². The molecule has 0 radical (unpaired) electrons. The zero-order valence-electron chi connectivity index (χ0n) is 15.3. The van der Waals surface area contributed by atoms with Crippen LogP contribution in [0.5, 0.6) is 0 Å². The zero-order chi connectivity index (χ0) is 18.4. The molecule has 1 aromatic carbocycles. The van der Waals surface area contributed by atoms with Gasteiger partial charge in [0.05, 0.1) is 28.9 Å². The third-order valence-electron chi connectivity index (χ3n) is 4.63. The summed E-state index contributed by atoms with van der Waals surface area (Å²) in [5, 5.41) is 9.00. The lowest BCUT2D eigenvalue weighted by Gasteiger charge is -2.22. The highest BCUT2D eigenvalue weighted by molar-refractivity contribution is 6.15. The van der Waals surface area contributed by atoms with Gasteiger partial charge in [-0.05, 0) is 32.9 Å². The first kappa shape index (κ1) is 16.3. The largest absolute Gasteiger partial charge is 0.294 e. The van der Waals surface area contributed by atoms with Crippen LogP contribution < -0.4 is 4.90 Å². The lowest BCUT2D eigenvalue weighted by molar-refractivity contribution is 0.0982. The van der Waals surface area contributed by atoms with E-state index in [-0.39, 0.29) is 5.91 Å². The molecule has 0 fully saturated rings. The Morgan fingerprint density at radius 1 is 1.12 bits per heavy atom. The summed E-state index contributed by atoms with van der Waals surface area (Å²) < 4.78 is 3.49. The molecule has 0 saturated carbocycles. The molecule has 0 atom stereocenters. The molecule has 132 valence electrons. The van der Waals surface area contributed by atoms with Crippen LogP contribution in [0.25, 0.3) is 5.69 Å². The predicted molar refractivity (Wildman–Crippen MR) is 101 cm³/mol. The molecular weight excluding hydrogens is 328 g/mol. The van der Waals surface area contributed by atoms with Crippen LogP contribution >= 0.6 is 0 Å². The lowest BCUT2D eigenvalue weighted by Crippen LogP contribution is -2.32. The van der Waals surface area contributed by atoms with E-state index in [2.05, 4.69) is 10.2 Å². The standard InChI is InChI=1S/C19H20N6O/c1-5-24-17-16(13(3)22-24)21-12(2)15-11-20-25(14-9-7-6-8-10-14)18(15)23(4)19(17)26/h6-11H,5H2,1-4H3. The Morgan fingerprint density at radius 3 is 2.54 bits per heavy atom. The van der Waals surface area contributed by atoms with Gasteiger partial charge in [-0.3, -0.25) is 14.4 Å². The highest BCUT2D eigenvalue weighted by Gasteiger charge is 2.31. The van der Waals surface area contributed by atoms with Crippen LogP contribution in [0.3, 0.4) is 0 Å². The normalized spacial score (nSPS) is 13.8. The van der Waals surface area contributed by atoms with Gasteiger partial charge in [0.2, 0.25) is 0 Å². The molecule has 0 N–H and O–H groups in total. The summed E-state index contributed by atoms with van der Waals surface area (Å²) >= 11 is 0. The van der Waals surface area contributed by atoms with Crippen molar-refractivity contribution in [2.45, 2.75) is 27.3 Å². The van der Waals surface area contributed by atoms with Crippen molar-refractivity contribution in [1.82, 2.24) is 19.6 Å². The number of fused-ring (bicyclic) bond motifs is 2. The highest BCUT2D eigenvalue weighted by Crippen LogP contribution is 2.33. The van der Waals surface area contributed by atoms with E-state index in [0.717, 1.165) is 22.7 Å². The van der Waals surface area contributed by atoms with Crippen molar-refractivity contribution in [3.05, 3.63) is 53.5 Å². The minimum atomic E-state index is -0.141. The second-order valence-electron chi connectivity index (χ2n) is 6.29. The summed E-state index contributed by atoms with van der Waals surface area (Å²) in [6, 6.07) is 9.77. The van der Waals surface area contributed by atoms with Crippen molar-refractivity contribution in [3.8, 4) is 5.69 Å². The van der Waals surface area contributed by atoms with E-state index in [4.69, 9.17) is 4.99 Å². The molecule has 0 spiro atoms. The van der Waals surface area contributed by atoms with Crippen LogP contribution in [0, 0.1) is 6.92 Å². The predicted octanol–water partition coefficient (Wildman–Crippen LogP) is 3.13. The van der Waals surface area contributed by atoms with Gasteiger partial charge in [0.25, 0.3) is 5.91 Å². The molecule has 7 nitrogen and oxygen atoms in total. The quantitative estimate of drug-likeness (QED) is 0.714. The molecule has 3 aromatic rings. The fraction of sp³-hybridized carbons (Fsp3) is 0.263. The zero-order valence-corrected chi connectivity index (χ0v) is 15.3. The average Bonchev–Trinajstić information content (AvgIpc) is 3.22. The van der Waals surface area contributed by atoms with E-state index < -0.39 is 0 Å². The first-order chi connectivity index (χ1) is 12.5. The molecule has 1 aliphatic heterocycles. The number of benzene rings is 1. The topological polar surface area (TPSA) is 68.3 Å². The third kappa shape index (κ3) is 2.28. The molecule has 1 amide bonds. The molecule has 0 saturated heterocycles. The Hall–Kier alpha value is -3.22. The summed E-state index contributed by atoms with van der Waals surface area (Å²) in [6.07, 6.45) is 1.76. The van der Waals surface area contributed by atoms with Crippen molar-refractivity contribution < 1.29 is 4.79 Å². The maximum Gasteiger partial charge on any atom is 0.279 e. The number of carbonyl (C=O) groups excluding carboxylic acids is 1. The van der Waals surface area contributed by atoms with Crippen molar-refractivity contribution >= 4 is 23.1 Å². The number of nitrogens with zero attached hydrogens (tertiary/aromatic N) is 6. The lowest BCUT2D eigenvalue weighted by atomic mass is 10.1. The summed E-state index contributed by atoms with van der Waals surface area (Å²) in [6.45, 7) is 6.39. The highest BCUT2D eigenvalue weighted by atomic mass is 16.2. The van der Waals surface area contributed by atoms with Crippen LogP contribution in [0.4, 0.5) is 11.5 Å². The SMILES string of the molecule is CCn1nc(C)c2c1C(=O)N(C)c1c(cnn1-c1ccccc1)C(C)=N2. The summed E-state index contributed by atoms with van der Waals surface area (Å²) in [5.74, 6) is 0.562. The molecule has 0 unspecified atom stereocenters. The van der Waals surface area contributed by atoms with Gasteiger partial charge in [0, 0.05) is 13.6 Å². The van der Waals surface area contributed by atoms with Gasteiger partial charge in [-0.15, -0.1) is 0 Å². The first-order valence-corrected chi connectivity index (χ1v) is 8.57. The molecule has 0 aliphatic carbocycles. The molecule has 3 heterocycles. The number of aromatic nitrogens is 4. The second-order valence-corrected chi connectivity index (χ2v) is 6.29. The van der Waals surface area contributed by atoms with E-state index in [0.29, 0.717) is 23.7 Å². The number of anilines is 1. The molecule has 2 aromatic heterocycles. The van der Waals surface area contributed by atoms with E-state index >= 15 is 0 Å². The number of rotatable bonds is 2. The van der Waals surface area contributed by atoms with Gasteiger partial charge >= 0.3 is 0 Å². The molecule has 0 bridgehead atoms.